The highest BCUT2D eigenvalue weighted by atomic mass is 35.5. The van der Waals surface area contributed by atoms with Gasteiger partial charge in [-0.05, 0) is 50.1 Å². The van der Waals surface area contributed by atoms with Gasteiger partial charge in [-0.1, -0.05) is 30.7 Å². The third-order valence-corrected chi connectivity index (χ3v) is 3.71. The van der Waals surface area contributed by atoms with E-state index >= 15 is 0 Å². The number of nitrogens with one attached hydrogen (secondary N) is 1. The minimum absolute atomic E-state index is 0.240. The van der Waals surface area contributed by atoms with Gasteiger partial charge in [-0.3, -0.25) is 0 Å². The minimum atomic E-state index is 0.240. The molecule has 1 heterocycles. The highest BCUT2D eigenvalue weighted by Gasteiger charge is 2.16. The molecule has 0 saturated heterocycles. The number of rotatable bonds is 5. The summed E-state index contributed by atoms with van der Waals surface area (Å²) in [6.07, 6.45) is 2.61. The first-order valence-electron chi connectivity index (χ1n) is 6.64. The number of hydrogen-bond donors (Lipinski definition) is 1. The molecule has 1 aromatic carbocycles. The number of halogens is 1. The number of likely N-dealkylation sites (N-methyl/N-ethyl adjacent to an activating group) is 1. The Kier molecular flexibility index (Phi) is 4.67. The van der Waals surface area contributed by atoms with Crippen LogP contribution in [0.1, 0.15) is 35.4 Å². The molecule has 2 rings (SSSR count). The second-order valence-electron chi connectivity index (χ2n) is 4.84. The molecule has 0 saturated carbocycles. The Labute approximate surface area is 119 Å². The molecule has 1 atom stereocenters. The van der Waals surface area contributed by atoms with E-state index in [1.165, 1.54) is 16.7 Å². The first-order valence-corrected chi connectivity index (χ1v) is 7.02. The molecule has 1 aromatic heterocycles. The Morgan fingerprint density at radius 3 is 2.63 bits per heavy atom. The van der Waals surface area contributed by atoms with Crippen molar-refractivity contribution in [2.75, 3.05) is 6.54 Å². The van der Waals surface area contributed by atoms with Crippen molar-refractivity contribution in [3.05, 3.63) is 58.0 Å². The number of benzene rings is 1. The van der Waals surface area contributed by atoms with Gasteiger partial charge in [0.05, 0.1) is 6.26 Å². The van der Waals surface area contributed by atoms with Crippen LogP contribution in [0.3, 0.4) is 0 Å². The van der Waals surface area contributed by atoms with Gasteiger partial charge in [-0.25, -0.2) is 0 Å². The average molecular weight is 278 g/mol. The van der Waals surface area contributed by atoms with E-state index in [9.17, 15) is 0 Å². The van der Waals surface area contributed by atoms with Crippen molar-refractivity contribution in [1.29, 1.82) is 0 Å². The summed E-state index contributed by atoms with van der Waals surface area (Å²) < 4.78 is 5.41. The Morgan fingerprint density at radius 2 is 2.05 bits per heavy atom. The maximum Gasteiger partial charge on any atom is 0.105 e. The third-order valence-electron chi connectivity index (χ3n) is 3.36. The van der Waals surface area contributed by atoms with E-state index in [1.54, 1.807) is 6.26 Å². The van der Waals surface area contributed by atoms with Crippen LogP contribution in [0.25, 0.3) is 0 Å². The highest BCUT2D eigenvalue weighted by Crippen LogP contribution is 2.26. The monoisotopic (exact) mass is 277 g/mol. The molecule has 0 amide bonds. The Hall–Kier alpha value is -1.25. The Morgan fingerprint density at radius 1 is 1.26 bits per heavy atom. The lowest BCUT2D eigenvalue weighted by Gasteiger charge is -2.18. The number of hydrogen-bond acceptors (Lipinski definition) is 2. The van der Waals surface area contributed by atoms with E-state index in [-0.39, 0.29) is 6.04 Å². The zero-order chi connectivity index (χ0) is 13.8. The Bertz CT molecular complexity index is 547. The second kappa shape index (κ2) is 6.27. The van der Waals surface area contributed by atoms with Crippen molar-refractivity contribution in [1.82, 2.24) is 5.32 Å². The van der Waals surface area contributed by atoms with Crippen molar-refractivity contribution in [3.8, 4) is 0 Å². The van der Waals surface area contributed by atoms with Crippen LogP contribution in [-0.2, 0) is 6.42 Å². The topological polar surface area (TPSA) is 25.2 Å². The van der Waals surface area contributed by atoms with Crippen molar-refractivity contribution in [3.63, 3.8) is 0 Å². The minimum Gasteiger partial charge on any atom is -0.469 e. The number of furan rings is 1. The van der Waals surface area contributed by atoms with E-state index in [2.05, 4.69) is 31.3 Å². The standard InChI is InChI=1S/C16H20ClNO/c1-4-18-16(14-7-8-19-12(14)3)10-13-6-5-11(2)9-15(13)17/h5-9,16,18H,4,10H2,1-3H3. The maximum absolute atomic E-state index is 6.32. The molecule has 2 nitrogen and oxygen atoms in total. The molecule has 2 aromatic rings. The lowest BCUT2D eigenvalue weighted by molar-refractivity contribution is 0.501. The van der Waals surface area contributed by atoms with Gasteiger partial charge in [-0.2, -0.15) is 0 Å². The van der Waals surface area contributed by atoms with Crippen molar-refractivity contribution in [2.45, 2.75) is 33.2 Å². The molecule has 0 aliphatic rings. The highest BCUT2D eigenvalue weighted by molar-refractivity contribution is 6.31. The summed E-state index contributed by atoms with van der Waals surface area (Å²) >= 11 is 6.32. The van der Waals surface area contributed by atoms with Gasteiger partial charge < -0.3 is 9.73 Å². The molecule has 0 spiro atoms. The van der Waals surface area contributed by atoms with Crippen molar-refractivity contribution < 1.29 is 4.42 Å². The fourth-order valence-electron chi connectivity index (χ4n) is 2.33. The summed E-state index contributed by atoms with van der Waals surface area (Å²) in [6.45, 7) is 7.08. The first kappa shape index (κ1) is 14.2. The van der Waals surface area contributed by atoms with Crippen LogP contribution in [0, 0.1) is 13.8 Å². The average Bonchev–Trinajstić information content (AvgIpc) is 2.78. The molecule has 0 aliphatic heterocycles. The summed E-state index contributed by atoms with van der Waals surface area (Å²) in [5, 5.41) is 4.33. The predicted molar refractivity (Wildman–Crippen MR) is 79.8 cm³/mol. The summed E-state index contributed by atoms with van der Waals surface area (Å²) in [7, 11) is 0. The van der Waals surface area contributed by atoms with Gasteiger partial charge >= 0.3 is 0 Å². The molecule has 1 unspecified atom stereocenters. The van der Waals surface area contributed by atoms with E-state index in [0.29, 0.717) is 0 Å². The lowest BCUT2D eigenvalue weighted by atomic mass is 9.98. The first-order chi connectivity index (χ1) is 9.11. The SMILES string of the molecule is CCNC(Cc1ccc(C)cc1Cl)c1ccoc1C. The smallest absolute Gasteiger partial charge is 0.105 e. The van der Waals surface area contributed by atoms with E-state index in [1.807, 2.05) is 19.1 Å². The van der Waals surface area contributed by atoms with Gasteiger partial charge in [0.1, 0.15) is 5.76 Å². The Balaban J connectivity index is 2.24. The van der Waals surface area contributed by atoms with Crippen LogP contribution in [0.15, 0.2) is 34.9 Å². The molecule has 102 valence electrons. The van der Waals surface area contributed by atoms with Crippen LogP contribution < -0.4 is 5.32 Å². The number of aryl methyl sites for hydroxylation is 2. The molecular weight excluding hydrogens is 258 g/mol. The molecular formula is C16H20ClNO. The fraction of sp³-hybridized carbons (Fsp3) is 0.375. The zero-order valence-electron chi connectivity index (χ0n) is 11.7. The van der Waals surface area contributed by atoms with E-state index in [0.717, 1.165) is 23.7 Å². The van der Waals surface area contributed by atoms with Crippen LogP contribution in [0.4, 0.5) is 0 Å². The molecule has 0 radical (unpaired) electrons. The van der Waals surface area contributed by atoms with Crippen LogP contribution in [0.2, 0.25) is 5.02 Å². The molecule has 1 N–H and O–H groups in total. The summed E-state index contributed by atoms with van der Waals surface area (Å²) in [6, 6.07) is 8.50. The van der Waals surface area contributed by atoms with Crippen LogP contribution in [0.5, 0.6) is 0 Å². The molecule has 0 aliphatic carbocycles. The van der Waals surface area contributed by atoms with E-state index < -0.39 is 0 Å². The third kappa shape index (κ3) is 3.40. The molecule has 3 heteroatoms. The lowest BCUT2D eigenvalue weighted by Crippen LogP contribution is -2.23. The predicted octanol–water partition coefficient (Wildman–Crippen LogP) is 4.44. The second-order valence-corrected chi connectivity index (χ2v) is 5.25. The van der Waals surface area contributed by atoms with Gasteiger partial charge in [0.15, 0.2) is 0 Å². The van der Waals surface area contributed by atoms with Crippen LogP contribution in [-0.4, -0.2) is 6.54 Å². The van der Waals surface area contributed by atoms with Gasteiger partial charge in [0, 0.05) is 16.6 Å². The summed E-state index contributed by atoms with van der Waals surface area (Å²) in [4.78, 5) is 0. The normalized spacial score (nSPS) is 12.6. The zero-order valence-corrected chi connectivity index (χ0v) is 12.4. The maximum atomic E-state index is 6.32. The molecule has 19 heavy (non-hydrogen) atoms. The summed E-state index contributed by atoms with van der Waals surface area (Å²) in [5.74, 6) is 0.967. The van der Waals surface area contributed by atoms with Gasteiger partial charge in [0.2, 0.25) is 0 Å². The van der Waals surface area contributed by atoms with Crippen molar-refractivity contribution >= 4 is 11.6 Å². The van der Waals surface area contributed by atoms with Gasteiger partial charge in [0.25, 0.3) is 0 Å². The fourth-order valence-corrected chi connectivity index (χ4v) is 2.64. The van der Waals surface area contributed by atoms with Crippen LogP contribution >= 0.6 is 11.6 Å². The van der Waals surface area contributed by atoms with Gasteiger partial charge in [-0.15, -0.1) is 0 Å². The molecule has 0 fully saturated rings. The van der Waals surface area contributed by atoms with Crippen molar-refractivity contribution in [2.24, 2.45) is 0 Å². The quantitative estimate of drug-likeness (QED) is 0.874. The largest absolute Gasteiger partial charge is 0.469 e. The van der Waals surface area contributed by atoms with E-state index in [4.69, 9.17) is 16.0 Å². The summed E-state index contributed by atoms with van der Waals surface area (Å²) in [5.41, 5.74) is 3.56. The molecule has 0 bridgehead atoms.